The van der Waals surface area contributed by atoms with Gasteiger partial charge in [-0.05, 0) is 31.1 Å². The summed E-state index contributed by atoms with van der Waals surface area (Å²) in [5, 5.41) is 0. The zero-order valence-corrected chi connectivity index (χ0v) is 8.82. The van der Waals surface area contributed by atoms with E-state index in [1.54, 1.807) is 12.2 Å². The lowest BCUT2D eigenvalue weighted by molar-refractivity contribution is 0.0104. The number of isocyanates is 2. The van der Waals surface area contributed by atoms with Gasteiger partial charge in [0.05, 0.1) is 0 Å². The van der Waals surface area contributed by atoms with E-state index in [2.05, 4.69) is 16.9 Å². The summed E-state index contributed by atoms with van der Waals surface area (Å²) in [5.74, 6) is 0.224. The molecule has 0 spiro atoms. The van der Waals surface area contributed by atoms with Gasteiger partial charge < -0.3 is 0 Å². The highest BCUT2D eigenvalue weighted by Crippen LogP contribution is 2.56. The minimum absolute atomic E-state index is 0.176. The van der Waals surface area contributed by atoms with Gasteiger partial charge in [0.1, 0.15) is 0 Å². The molecule has 3 aliphatic carbocycles. The zero-order chi connectivity index (χ0) is 10.9. The molecule has 15 heavy (non-hydrogen) atoms. The molecule has 3 rings (SSSR count). The third-order valence-electron chi connectivity index (χ3n) is 4.01. The summed E-state index contributed by atoms with van der Waals surface area (Å²) >= 11 is 0. The average Bonchev–Trinajstić information content (AvgIpc) is 2.18. The maximum Gasteiger partial charge on any atom is 0.237 e. The molecule has 0 saturated heterocycles. The molecule has 0 aliphatic heterocycles. The van der Waals surface area contributed by atoms with E-state index in [9.17, 15) is 9.59 Å². The van der Waals surface area contributed by atoms with Gasteiger partial charge in [-0.25, -0.2) is 9.59 Å². The Balaban J connectivity index is 2.41. The monoisotopic (exact) mass is 206 g/mol. The van der Waals surface area contributed by atoms with Crippen molar-refractivity contribution in [3.8, 4) is 0 Å². The van der Waals surface area contributed by atoms with Gasteiger partial charge in [-0.2, -0.15) is 9.98 Å². The Morgan fingerprint density at radius 1 is 1.13 bits per heavy atom. The predicted octanol–water partition coefficient (Wildman–Crippen LogP) is 1.95. The average molecular weight is 206 g/mol. The highest BCUT2D eigenvalue weighted by atomic mass is 16.1. The van der Waals surface area contributed by atoms with Crippen molar-refractivity contribution < 1.29 is 9.59 Å². The maximum atomic E-state index is 10.5. The first-order valence-electron chi connectivity index (χ1n) is 5.32. The van der Waals surface area contributed by atoms with Crippen LogP contribution >= 0.6 is 0 Å². The van der Waals surface area contributed by atoms with E-state index in [-0.39, 0.29) is 11.3 Å². The van der Waals surface area contributed by atoms with Gasteiger partial charge >= 0.3 is 0 Å². The molecule has 3 saturated carbocycles. The molecule has 80 valence electrons. The van der Waals surface area contributed by atoms with Crippen molar-refractivity contribution in [3.05, 3.63) is 0 Å². The van der Waals surface area contributed by atoms with Gasteiger partial charge in [-0.3, -0.25) is 0 Å². The van der Waals surface area contributed by atoms with Crippen LogP contribution in [0.1, 0.15) is 39.0 Å². The van der Waals surface area contributed by atoms with Crippen LogP contribution in [0.25, 0.3) is 0 Å². The highest BCUT2D eigenvalue weighted by Gasteiger charge is 2.53. The summed E-state index contributed by atoms with van der Waals surface area (Å²) in [4.78, 5) is 28.5. The first-order valence-corrected chi connectivity index (χ1v) is 5.32. The standard InChI is InChI=1S/C11H14N2O2/c1-10-4-2-9(3-5-10)11(6-10,12-7-14)13-8-15/h9H,2-6H2,1H3. The van der Waals surface area contributed by atoms with Crippen LogP contribution in [0.15, 0.2) is 9.98 Å². The lowest BCUT2D eigenvalue weighted by atomic mass is 9.57. The number of hydrogen-bond acceptors (Lipinski definition) is 4. The molecule has 0 aromatic carbocycles. The number of aliphatic imine (C=N–C) groups is 2. The lowest BCUT2D eigenvalue weighted by Crippen LogP contribution is -2.49. The lowest BCUT2D eigenvalue weighted by Gasteiger charge is -2.51. The van der Waals surface area contributed by atoms with Crippen LogP contribution in [0, 0.1) is 11.3 Å². The van der Waals surface area contributed by atoms with Crippen molar-refractivity contribution in [1.82, 2.24) is 0 Å². The Morgan fingerprint density at radius 3 is 2.07 bits per heavy atom. The van der Waals surface area contributed by atoms with Crippen LogP contribution in [0.5, 0.6) is 0 Å². The van der Waals surface area contributed by atoms with E-state index < -0.39 is 5.66 Å². The van der Waals surface area contributed by atoms with E-state index in [0.29, 0.717) is 6.42 Å². The smallest absolute Gasteiger partial charge is 0.211 e. The quantitative estimate of drug-likeness (QED) is 0.512. The minimum Gasteiger partial charge on any atom is -0.211 e. The largest absolute Gasteiger partial charge is 0.237 e. The molecular formula is C11H14N2O2. The third kappa shape index (κ3) is 1.56. The summed E-state index contributed by atoms with van der Waals surface area (Å²) < 4.78 is 0. The molecule has 0 heterocycles. The topological polar surface area (TPSA) is 58.9 Å². The zero-order valence-electron chi connectivity index (χ0n) is 8.82. The van der Waals surface area contributed by atoms with Crippen LogP contribution in [0.3, 0.4) is 0 Å². The second-order valence-corrected chi connectivity index (χ2v) is 5.05. The first-order chi connectivity index (χ1) is 7.14. The van der Waals surface area contributed by atoms with E-state index in [4.69, 9.17) is 0 Å². The molecule has 0 amide bonds. The van der Waals surface area contributed by atoms with E-state index in [0.717, 1.165) is 25.7 Å². The molecule has 0 aromatic rings. The molecule has 4 nitrogen and oxygen atoms in total. The number of hydrogen-bond donors (Lipinski definition) is 0. The number of carbonyl (C=O) groups excluding carboxylic acids is 2. The molecule has 4 heteroatoms. The van der Waals surface area contributed by atoms with Gasteiger partial charge in [0.2, 0.25) is 12.2 Å². The van der Waals surface area contributed by atoms with Crippen LogP contribution in [0.4, 0.5) is 0 Å². The normalized spacial score (nSPS) is 42.9. The second-order valence-electron chi connectivity index (χ2n) is 5.05. The maximum absolute atomic E-state index is 10.5. The van der Waals surface area contributed by atoms with Crippen molar-refractivity contribution in [2.24, 2.45) is 21.3 Å². The summed E-state index contributed by atoms with van der Waals surface area (Å²) in [5.41, 5.74) is -0.662. The molecule has 2 bridgehead atoms. The number of rotatable bonds is 2. The summed E-state index contributed by atoms with van der Waals surface area (Å²) in [6, 6.07) is 0. The van der Waals surface area contributed by atoms with Gasteiger partial charge in [0.25, 0.3) is 0 Å². The fraction of sp³-hybridized carbons (Fsp3) is 0.818. The van der Waals surface area contributed by atoms with Crippen molar-refractivity contribution >= 4 is 12.2 Å². The highest BCUT2D eigenvalue weighted by molar-refractivity contribution is 5.40. The summed E-state index contributed by atoms with van der Waals surface area (Å²) in [7, 11) is 0. The van der Waals surface area contributed by atoms with E-state index in [1.807, 2.05) is 0 Å². The van der Waals surface area contributed by atoms with Crippen molar-refractivity contribution in [2.75, 3.05) is 0 Å². The number of fused-ring (bicyclic) bond motifs is 3. The van der Waals surface area contributed by atoms with Gasteiger partial charge in [0, 0.05) is 12.3 Å². The van der Waals surface area contributed by atoms with Crippen LogP contribution in [0.2, 0.25) is 0 Å². The molecule has 0 unspecified atom stereocenters. The van der Waals surface area contributed by atoms with E-state index >= 15 is 0 Å². The number of nitrogens with zero attached hydrogens (tertiary/aromatic N) is 2. The second kappa shape index (κ2) is 3.41. The van der Waals surface area contributed by atoms with Crippen LogP contribution < -0.4 is 0 Å². The van der Waals surface area contributed by atoms with Gasteiger partial charge in [-0.1, -0.05) is 6.92 Å². The predicted molar refractivity (Wildman–Crippen MR) is 53.7 cm³/mol. The fourth-order valence-corrected chi connectivity index (χ4v) is 3.17. The molecule has 0 atom stereocenters. The Kier molecular flexibility index (Phi) is 2.34. The van der Waals surface area contributed by atoms with Crippen LogP contribution in [-0.4, -0.2) is 17.8 Å². The Labute approximate surface area is 88.5 Å². The molecular weight excluding hydrogens is 192 g/mol. The summed E-state index contributed by atoms with van der Waals surface area (Å²) in [6.07, 6.45) is 8.09. The first kappa shape index (κ1) is 10.3. The SMILES string of the molecule is CC12CCC(CC1)C(N=C=O)(N=C=O)C2. The molecule has 0 radical (unpaired) electrons. The van der Waals surface area contributed by atoms with Crippen LogP contribution in [-0.2, 0) is 9.59 Å². The molecule has 0 N–H and O–H groups in total. The van der Waals surface area contributed by atoms with Crippen molar-refractivity contribution in [1.29, 1.82) is 0 Å². The van der Waals surface area contributed by atoms with Crippen molar-refractivity contribution in [2.45, 2.75) is 44.7 Å². The van der Waals surface area contributed by atoms with E-state index in [1.165, 1.54) is 0 Å². The van der Waals surface area contributed by atoms with Crippen molar-refractivity contribution in [3.63, 3.8) is 0 Å². The van der Waals surface area contributed by atoms with Gasteiger partial charge in [-0.15, -0.1) is 0 Å². The molecule has 0 aromatic heterocycles. The summed E-state index contributed by atoms with van der Waals surface area (Å²) in [6.45, 7) is 2.18. The Hall–Kier alpha value is -1.24. The molecule has 3 fully saturated rings. The molecule has 3 aliphatic rings. The third-order valence-corrected chi connectivity index (χ3v) is 4.01. The Morgan fingerprint density at radius 2 is 1.67 bits per heavy atom. The Bertz CT molecular complexity index is 339. The fourth-order valence-electron chi connectivity index (χ4n) is 3.17. The minimum atomic E-state index is -0.839. The van der Waals surface area contributed by atoms with Gasteiger partial charge in [0.15, 0.2) is 5.66 Å².